The molecule has 0 aliphatic carbocycles. The first kappa shape index (κ1) is 19.2. The third kappa shape index (κ3) is 5.44. The summed E-state index contributed by atoms with van der Waals surface area (Å²) in [4.78, 5) is 16.8. The third-order valence-corrected chi connectivity index (χ3v) is 4.85. The van der Waals surface area contributed by atoms with Crippen LogP contribution in [0, 0.1) is 5.82 Å². The predicted molar refractivity (Wildman–Crippen MR) is 105 cm³/mol. The van der Waals surface area contributed by atoms with Crippen LogP contribution in [0.2, 0.25) is 0 Å². The lowest BCUT2D eigenvalue weighted by atomic mass is 10.2. The highest BCUT2D eigenvalue weighted by molar-refractivity contribution is 5.94. The number of methoxy groups -OCH3 is 1. The second-order valence-corrected chi connectivity index (χ2v) is 6.64. The van der Waals surface area contributed by atoms with E-state index in [4.69, 9.17) is 4.74 Å². The van der Waals surface area contributed by atoms with Crippen LogP contribution in [0.1, 0.15) is 16.8 Å². The molecule has 1 heterocycles. The van der Waals surface area contributed by atoms with Crippen LogP contribution in [0.3, 0.4) is 0 Å². The maximum absolute atomic E-state index is 13.0. The molecule has 2 aromatic carbocycles. The summed E-state index contributed by atoms with van der Waals surface area (Å²) in [5, 5.41) is 2.96. The third-order valence-electron chi connectivity index (χ3n) is 4.85. The van der Waals surface area contributed by atoms with E-state index in [-0.39, 0.29) is 11.7 Å². The summed E-state index contributed by atoms with van der Waals surface area (Å²) < 4.78 is 18.1. The molecule has 0 radical (unpaired) electrons. The molecule has 0 unspecified atom stereocenters. The summed E-state index contributed by atoms with van der Waals surface area (Å²) in [6.45, 7) is 5.43. The van der Waals surface area contributed by atoms with Crippen molar-refractivity contribution in [2.75, 3.05) is 51.3 Å². The van der Waals surface area contributed by atoms with Gasteiger partial charge in [0.25, 0.3) is 5.91 Å². The molecule has 2 aromatic rings. The number of hydrogen-bond acceptors (Lipinski definition) is 4. The second kappa shape index (κ2) is 9.37. The zero-order valence-corrected chi connectivity index (χ0v) is 15.7. The van der Waals surface area contributed by atoms with Gasteiger partial charge < -0.3 is 15.0 Å². The van der Waals surface area contributed by atoms with Crippen LogP contribution in [0.15, 0.2) is 48.5 Å². The molecule has 6 heteroatoms. The normalized spacial score (nSPS) is 14.8. The van der Waals surface area contributed by atoms with E-state index in [0.29, 0.717) is 12.1 Å². The number of carbonyl (C=O) groups is 1. The van der Waals surface area contributed by atoms with Crippen molar-refractivity contribution in [3.05, 3.63) is 59.9 Å². The number of nitrogens with zero attached hydrogens (tertiary/aromatic N) is 2. The Hall–Kier alpha value is -2.60. The van der Waals surface area contributed by atoms with Crippen molar-refractivity contribution < 1.29 is 13.9 Å². The number of hydrogen-bond donors (Lipinski definition) is 1. The minimum atomic E-state index is -0.200. The number of carbonyl (C=O) groups excluding carboxylic acids is 1. The van der Waals surface area contributed by atoms with Crippen LogP contribution >= 0.6 is 0 Å². The first-order chi connectivity index (χ1) is 13.2. The van der Waals surface area contributed by atoms with E-state index in [1.54, 1.807) is 31.4 Å². The standard InChI is InChI=1S/C21H26FN3O2/c1-27-20-9-3-17(4-10-20)21(26)23-11-2-12-24-13-15-25(16-14-24)19-7-5-18(22)6-8-19/h3-10H,2,11-16H2,1H3,(H,23,26). The van der Waals surface area contributed by atoms with Gasteiger partial charge >= 0.3 is 0 Å². The average Bonchev–Trinajstić information content (AvgIpc) is 2.72. The molecular formula is C21H26FN3O2. The van der Waals surface area contributed by atoms with Gasteiger partial charge in [-0.1, -0.05) is 0 Å². The molecule has 1 fully saturated rings. The lowest BCUT2D eigenvalue weighted by molar-refractivity contribution is 0.0951. The van der Waals surface area contributed by atoms with Crippen molar-refractivity contribution in [3.8, 4) is 5.75 Å². The van der Waals surface area contributed by atoms with Crippen molar-refractivity contribution in [1.29, 1.82) is 0 Å². The molecule has 0 saturated carbocycles. The molecule has 1 amide bonds. The molecule has 1 aliphatic heterocycles. The maximum atomic E-state index is 13.0. The summed E-state index contributed by atoms with van der Waals surface area (Å²) in [6.07, 6.45) is 0.915. The molecule has 144 valence electrons. The molecule has 1 aliphatic rings. The first-order valence-electron chi connectivity index (χ1n) is 9.31. The Bertz CT molecular complexity index is 726. The second-order valence-electron chi connectivity index (χ2n) is 6.64. The minimum absolute atomic E-state index is 0.0567. The number of nitrogens with one attached hydrogen (secondary N) is 1. The number of amides is 1. The van der Waals surface area contributed by atoms with Gasteiger partial charge in [0.2, 0.25) is 0 Å². The number of halogens is 1. The van der Waals surface area contributed by atoms with Crippen molar-refractivity contribution in [2.24, 2.45) is 0 Å². The molecular weight excluding hydrogens is 345 g/mol. The molecule has 1 saturated heterocycles. The largest absolute Gasteiger partial charge is 0.497 e. The van der Waals surface area contributed by atoms with Gasteiger partial charge in [0.15, 0.2) is 0 Å². The van der Waals surface area contributed by atoms with Gasteiger partial charge in [-0.05, 0) is 61.5 Å². The SMILES string of the molecule is COc1ccc(C(=O)NCCCN2CCN(c3ccc(F)cc3)CC2)cc1. The Balaban J connectivity index is 1.34. The van der Waals surface area contributed by atoms with E-state index in [9.17, 15) is 9.18 Å². The van der Waals surface area contributed by atoms with Crippen molar-refractivity contribution in [2.45, 2.75) is 6.42 Å². The first-order valence-corrected chi connectivity index (χ1v) is 9.31. The van der Waals surface area contributed by atoms with Crippen LogP contribution in [-0.2, 0) is 0 Å². The molecule has 1 N–H and O–H groups in total. The molecule has 27 heavy (non-hydrogen) atoms. The highest BCUT2D eigenvalue weighted by Crippen LogP contribution is 2.17. The number of ether oxygens (including phenoxy) is 1. The lowest BCUT2D eigenvalue weighted by Crippen LogP contribution is -2.47. The van der Waals surface area contributed by atoms with Crippen molar-refractivity contribution >= 4 is 11.6 Å². The monoisotopic (exact) mass is 371 g/mol. The summed E-state index contributed by atoms with van der Waals surface area (Å²) in [5.74, 6) is 0.485. The van der Waals surface area contributed by atoms with Gasteiger partial charge in [0.05, 0.1) is 7.11 Å². The topological polar surface area (TPSA) is 44.8 Å². The zero-order chi connectivity index (χ0) is 19.1. The Labute approximate surface area is 159 Å². The van der Waals surface area contributed by atoms with Crippen LogP contribution in [0.25, 0.3) is 0 Å². The highest BCUT2D eigenvalue weighted by atomic mass is 19.1. The number of benzene rings is 2. The Morgan fingerprint density at radius 2 is 1.70 bits per heavy atom. The van der Waals surface area contributed by atoms with Gasteiger partial charge in [-0.3, -0.25) is 9.69 Å². The Morgan fingerprint density at radius 1 is 1.04 bits per heavy atom. The van der Waals surface area contributed by atoms with E-state index in [2.05, 4.69) is 15.1 Å². The summed E-state index contributed by atoms with van der Waals surface area (Å²) in [7, 11) is 1.61. The quantitative estimate of drug-likeness (QED) is 0.761. The van der Waals surface area contributed by atoms with Crippen LogP contribution in [0.5, 0.6) is 5.75 Å². The van der Waals surface area contributed by atoms with Gasteiger partial charge in [-0.25, -0.2) is 4.39 Å². The van der Waals surface area contributed by atoms with E-state index in [0.717, 1.165) is 50.6 Å². The van der Waals surface area contributed by atoms with Crippen molar-refractivity contribution in [1.82, 2.24) is 10.2 Å². The fourth-order valence-corrected chi connectivity index (χ4v) is 3.23. The van der Waals surface area contributed by atoms with E-state index >= 15 is 0 Å². The van der Waals surface area contributed by atoms with Gasteiger partial charge in [-0.2, -0.15) is 0 Å². The summed E-state index contributed by atoms with van der Waals surface area (Å²) >= 11 is 0. The van der Waals surface area contributed by atoms with E-state index < -0.39 is 0 Å². The smallest absolute Gasteiger partial charge is 0.251 e. The van der Waals surface area contributed by atoms with Gasteiger partial charge in [0, 0.05) is 44.0 Å². The highest BCUT2D eigenvalue weighted by Gasteiger charge is 2.16. The van der Waals surface area contributed by atoms with Crippen LogP contribution < -0.4 is 15.0 Å². The van der Waals surface area contributed by atoms with Crippen LogP contribution in [-0.4, -0.2) is 57.2 Å². The fraction of sp³-hybridized carbons (Fsp3) is 0.381. The van der Waals surface area contributed by atoms with Crippen molar-refractivity contribution in [3.63, 3.8) is 0 Å². The van der Waals surface area contributed by atoms with Gasteiger partial charge in [-0.15, -0.1) is 0 Å². The fourth-order valence-electron chi connectivity index (χ4n) is 3.23. The molecule has 5 nitrogen and oxygen atoms in total. The molecule has 0 aromatic heterocycles. The molecule has 0 atom stereocenters. The predicted octanol–water partition coefficient (Wildman–Crippen LogP) is 2.78. The number of piperazine rings is 1. The zero-order valence-electron chi connectivity index (χ0n) is 15.7. The molecule has 0 bridgehead atoms. The maximum Gasteiger partial charge on any atom is 0.251 e. The van der Waals surface area contributed by atoms with Crippen LogP contribution in [0.4, 0.5) is 10.1 Å². The molecule has 3 rings (SSSR count). The van der Waals surface area contributed by atoms with E-state index in [1.165, 1.54) is 12.1 Å². The van der Waals surface area contributed by atoms with Gasteiger partial charge in [0.1, 0.15) is 11.6 Å². The Morgan fingerprint density at radius 3 is 2.33 bits per heavy atom. The Kier molecular flexibility index (Phi) is 6.65. The van der Waals surface area contributed by atoms with E-state index in [1.807, 2.05) is 12.1 Å². The number of anilines is 1. The lowest BCUT2D eigenvalue weighted by Gasteiger charge is -2.36. The number of rotatable bonds is 7. The summed E-state index contributed by atoms with van der Waals surface area (Å²) in [5.41, 5.74) is 1.71. The summed E-state index contributed by atoms with van der Waals surface area (Å²) in [6, 6.07) is 13.8. The molecule has 0 spiro atoms. The average molecular weight is 371 g/mol. The minimum Gasteiger partial charge on any atom is -0.497 e.